The van der Waals surface area contributed by atoms with Crippen molar-refractivity contribution in [2.75, 3.05) is 11.9 Å². The molecule has 3 rings (SSSR count). The van der Waals surface area contributed by atoms with Gasteiger partial charge in [-0.3, -0.25) is 9.59 Å². The molecule has 0 saturated carbocycles. The van der Waals surface area contributed by atoms with Crippen molar-refractivity contribution in [2.24, 2.45) is 5.92 Å². The van der Waals surface area contributed by atoms with E-state index in [2.05, 4.69) is 10.6 Å². The summed E-state index contributed by atoms with van der Waals surface area (Å²) in [5.41, 5.74) is 0.424. The Balaban J connectivity index is 1.82. The Bertz CT molecular complexity index is 831. The maximum absolute atomic E-state index is 13.7. The van der Waals surface area contributed by atoms with Crippen LogP contribution in [0.15, 0.2) is 48.5 Å². The molecule has 1 heterocycles. The van der Waals surface area contributed by atoms with Gasteiger partial charge in [-0.2, -0.15) is 0 Å². The van der Waals surface area contributed by atoms with Gasteiger partial charge in [0.15, 0.2) is 0 Å². The highest BCUT2D eigenvalue weighted by Gasteiger charge is 2.41. The first-order chi connectivity index (χ1) is 12.3. The summed E-state index contributed by atoms with van der Waals surface area (Å²) >= 11 is 0. The second-order valence-corrected chi connectivity index (χ2v) is 6.31. The van der Waals surface area contributed by atoms with E-state index >= 15 is 0 Å². The molecule has 4 nitrogen and oxygen atoms in total. The van der Waals surface area contributed by atoms with Gasteiger partial charge in [0.05, 0.1) is 5.69 Å². The monoisotopic (exact) mass is 362 g/mol. The highest BCUT2D eigenvalue weighted by Crippen LogP contribution is 2.33. The molecule has 1 aliphatic rings. The van der Waals surface area contributed by atoms with Crippen LogP contribution in [-0.2, 0) is 15.5 Å². The second-order valence-electron chi connectivity index (χ2n) is 6.31. The molecule has 136 valence electrons. The highest BCUT2D eigenvalue weighted by atomic mass is 19.3. The molecule has 0 aromatic heterocycles. The van der Waals surface area contributed by atoms with E-state index in [0.717, 1.165) is 6.92 Å². The van der Waals surface area contributed by atoms with Gasteiger partial charge in [0.1, 0.15) is 11.7 Å². The molecule has 2 atom stereocenters. The van der Waals surface area contributed by atoms with Gasteiger partial charge in [0.25, 0.3) is 5.92 Å². The predicted octanol–water partition coefficient (Wildman–Crippen LogP) is 3.41. The number of benzene rings is 2. The van der Waals surface area contributed by atoms with Crippen LogP contribution < -0.4 is 10.6 Å². The fourth-order valence-corrected chi connectivity index (χ4v) is 3.03. The first kappa shape index (κ1) is 18.0. The molecule has 26 heavy (non-hydrogen) atoms. The number of para-hydroxylation sites is 1. The normalized spacial score (nSPS) is 19.9. The molecule has 0 aliphatic carbocycles. The summed E-state index contributed by atoms with van der Waals surface area (Å²) in [4.78, 5) is 24.6. The Morgan fingerprint density at radius 1 is 1.15 bits per heavy atom. The van der Waals surface area contributed by atoms with Crippen LogP contribution >= 0.6 is 0 Å². The van der Waals surface area contributed by atoms with E-state index in [0.29, 0.717) is 5.56 Å². The number of nitrogens with one attached hydrogen (secondary N) is 2. The van der Waals surface area contributed by atoms with Crippen molar-refractivity contribution in [2.45, 2.75) is 18.8 Å². The summed E-state index contributed by atoms with van der Waals surface area (Å²) in [5, 5.41) is 5.03. The fraction of sp³-hybridized carbons (Fsp3) is 0.263. The predicted molar refractivity (Wildman–Crippen MR) is 90.3 cm³/mol. The molecule has 2 N–H and O–H groups in total. The van der Waals surface area contributed by atoms with Crippen molar-refractivity contribution in [1.29, 1.82) is 0 Å². The number of hydrogen-bond acceptors (Lipinski definition) is 2. The standard InChI is InChI=1S/C19H17F3N2O2/c1-19(21,22)12-8-6-11(7-9-12)13-10-23-17(25)16(13)18(26)24-15-5-3-2-4-14(15)20/h2-9,13,16H,10H2,1H3,(H,23,25)(H,24,26). The van der Waals surface area contributed by atoms with Gasteiger partial charge >= 0.3 is 0 Å². The van der Waals surface area contributed by atoms with E-state index in [1.165, 1.54) is 42.5 Å². The van der Waals surface area contributed by atoms with E-state index < -0.39 is 35.4 Å². The molecule has 2 aromatic carbocycles. The van der Waals surface area contributed by atoms with Crippen LogP contribution in [0, 0.1) is 11.7 Å². The SMILES string of the molecule is CC(F)(F)c1ccc(C2CNC(=O)C2C(=O)Nc2ccccc2F)cc1. The van der Waals surface area contributed by atoms with Gasteiger partial charge in [-0.1, -0.05) is 36.4 Å². The minimum atomic E-state index is -2.97. The minimum absolute atomic E-state index is 0.0167. The zero-order valence-electron chi connectivity index (χ0n) is 13.9. The van der Waals surface area contributed by atoms with Gasteiger partial charge in [-0.15, -0.1) is 0 Å². The van der Waals surface area contributed by atoms with Crippen molar-refractivity contribution in [3.05, 3.63) is 65.5 Å². The van der Waals surface area contributed by atoms with E-state index in [1.807, 2.05) is 0 Å². The smallest absolute Gasteiger partial charge is 0.270 e. The maximum atomic E-state index is 13.7. The number of amides is 2. The van der Waals surface area contributed by atoms with Crippen LogP contribution in [0.2, 0.25) is 0 Å². The number of rotatable bonds is 4. The van der Waals surface area contributed by atoms with Crippen molar-refractivity contribution in [3.63, 3.8) is 0 Å². The van der Waals surface area contributed by atoms with E-state index in [4.69, 9.17) is 0 Å². The summed E-state index contributed by atoms with van der Waals surface area (Å²) in [6.07, 6.45) is 0. The van der Waals surface area contributed by atoms with Crippen molar-refractivity contribution >= 4 is 17.5 Å². The zero-order chi connectivity index (χ0) is 18.9. The maximum Gasteiger partial charge on any atom is 0.270 e. The quantitative estimate of drug-likeness (QED) is 0.819. The van der Waals surface area contributed by atoms with Crippen LogP contribution in [0.25, 0.3) is 0 Å². The number of carbonyl (C=O) groups is 2. The molecular formula is C19H17F3N2O2. The van der Waals surface area contributed by atoms with Gasteiger partial charge in [0.2, 0.25) is 11.8 Å². The average Bonchev–Trinajstić information content (AvgIpc) is 2.98. The molecule has 0 radical (unpaired) electrons. The zero-order valence-corrected chi connectivity index (χ0v) is 13.9. The minimum Gasteiger partial charge on any atom is -0.355 e. The molecule has 1 saturated heterocycles. The van der Waals surface area contributed by atoms with Crippen LogP contribution in [0.3, 0.4) is 0 Å². The van der Waals surface area contributed by atoms with Crippen molar-refractivity contribution < 1.29 is 22.8 Å². The topological polar surface area (TPSA) is 58.2 Å². The van der Waals surface area contributed by atoms with Gasteiger partial charge in [0, 0.05) is 24.9 Å². The van der Waals surface area contributed by atoms with E-state index in [9.17, 15) is 22.8 Å². The molecule has 1 aliphatic heterocycles. The third-order valence-corrected chi connectivity index (χ3v) is 4.44. The van der Waals surface area contributed by atoms with Crippen LogP contribution in [-0.4, -0.2) is 18.4 Å². The average molecular weight is 362 g/mol. The summed E-state index contributed by atoms with van der Waals surface area (Å²) in [6.45, 7) is 1.00. The molecule has 1 fully saturated rings. The fourth-order valence-electron chi connectivity index (χ4n) is 3.03. The Morgan fingerprint density at radius 2 is 1.81 bits per heavy atom. The largest absolute Gasteiger partial charge is 0.355 e. The highest BCUT2D eigenvalue weighted by molar-refractivity contribution is 6.08. The van der Waals surface area contributed by atoms with Gasteiger partial charge in [-0.25, -0.2) is 13.2 Å². The van der Waals surface area contributed by atoms with E-state index in [1.54, 1.807) is 6.07 Å². The van der Waals surface area contributed by atoms with Crippen LogP contribution in [0.4, 0.5) is 18.9 Å². The van der Waals surface area contributed by atoms with Gasteiger partial charge < -0.3 is 10.6 Å². The third-order valence-electron chi connectivity index (χ3n) is 4.44. The lowest BCUT2D eigenvalue weighted by Crippen LogP contribution is -2.32. The summed E-state index contributed by atoms with van der Waals surface area (Å²) in [7, 11) is 0. The lowest BCUT2D eigenvalue weighted by atomic mass is 9.87. The van der Waals surface area contributed by atoms with Crippen LogP contribution in [0.5, 0.6) is 0 Å². The molecular weight excluding hydrogens is 345 g/mol. The number of hydrogen-bond donors (Lipinski definition) is 2. The Hall–Kier alpha value is -2.83. The van der Waals surface area contributed by atoms with E-state index in [-0.39, 0.29) is 17.8 Å². The molecule has 0 spiro atoms. The Kier molecular flexibility index (Phi) is 4.71. The first-order valence-electron chi connectivity index (χ1n) is 8.09. The summed E-state index contributed by atoms with van der Waals surface area (Å²) in [6, 6.07) is 11.2. The lowest BCUT2D eigenvalue weighted by Gasteiger charge is -2.18. The number of anilines is 1. The molecule has 2 unspecified atom stereocenters. The Morgan fingerprint density at radius 3 is 2.42 bits per heavy atom. The van der Waals surface area contributed by atoms with Gasteiger partial charge in [-0.05, 0) is 17.7 Å². The molecule has 2 aromatic rings. The van der Waals surface area contributed by atoms with Crippen molar-refractivity contribution in [3.8, 4) is 0 Å². The van der Waals surface area contributed by atoms with Crippen LogP contribution in [0.1, 0.15) is 24.0 Å². The first-order valence-corrected chi connectivity index (χ1v) is 8.09. The second kappa shape index (κ2) is 6.82. The number of alkyl halides is 2. The lowest BCUT2D eigenvalue weighted by molar-refractivity contribution is -0.130. The number of carbonyl (C=O) groups excluding carboxylic acids is 2. The molecule has 0 bridgehead atoms. The third kappa shape index (κ3) is 3.56. The number of halogens is 3. The van der Waals surface area contributed by atoms with Crippen molar-refractivity contribution in [1.82, 2.24) is 5.32 Å². The molecule has 2 amide bonds. The Labute approximate surface area is 148 Å². The summed E-state index contributed by atoms with van der Waals surface area (Å²) < 4.78 is 40.4. The summed E-state index contributed by atoms with van der Waals surface area (Å²) in [5.74, 6) is -6.28. The molecule has 7 heteroatoms.